The van der Waals surface area contributed by atoms with E-state index in [1.54, 1.807) is 12.1 Å². The van der Waals surface area contributed by atoms with E-state index in [-0.39, 0.29) is 11.6 Å². The quantitative estimate of drug-likeness (QED) is 0.725. The monoisotopic (exact) mass is 284 g/mol. The molecule has 2 N–H and O–H groups in total. The van der Waals surface area contributed by atoms with Gasteiger partial charge in [-0.3, -0.25) is 0 Å². The molecular formula is C16H26F2N2. The molecule has 0 saturated carbocycles. The molecule has 0 fully saturated rings. The van der Waals surface area contributed by atoms with Crippen molar-refractivity contribution in [3.8, 4) is 0 Å². The number of hydrogen-bond acceptors (Lipinski definition) is 2. The van der Waals surface area contributed by atoms with E-state index in [4.69, 9.17) is 5.73 Å². The molecule has 20 heavy (non-hydrogen) atoms. The maximum atomic E-state index is 13.3. The number of anilines is 2. The lowest BCUT2D eigenvalue weighted by atomic mass is 10.0. The molecule has 0 atom stereocenters. The number of benzene rings is 1. The summed E-state index contributed by atoms with van der Waals surface area (Å²) in [5.41, 5.74) is 6.70. The van der Waals surface area contributed by atoms with Crippen molar-refractivity contribution < 1.29 is 8.78 Å². The molecular weight excluding hydrogens is 258 g/mol. The van der Waals surface area contributed by atoms with Gasteiger partial charge in [-0.05, 0) is 37.0 Å². The van der Waals surface area contributed by atoms with Gasteiger partial charge in [-0.25, -0.2) is 8.78 Å². The number of nitrogens with two attached hydrogens (primary N) is 1. The molecule has 1 aromatic carbocycles. The molecule has 0 spiro atoms. The summed E-state index contributed by atoms with van der Waals surface area (Å²) in [6.45, 7) is 9.18. The third-order valence-electron chi connectivity index (χ3n) is 3.54. The first-order chi connectivity index (χ1) is 9.40. The Balaban J connectivity index is 3.25. The lowest BCUT2D eigenvalue weighted by molar-refractivity contribution is 0.151. The molecule has 0 unspecified atom stereocenters. The van der Waals surface area contributed by atoms with Crippen molar-refractivity contribution in [3.05, 3.63) is 23.8 Å². The minimum atomic E-state index is -2.50. The lowest BCUT2D eigenvalue weighted by Crippen LogP contribution is -2.38. The van der Waals surface area contributed by atoms with E-state index in [0.29, 0.717) is 17.3 Å². The van der Waals surface area contributed by atoms with Crippen LogP contribution in [0, 0.1) is 5.92 Å². The van der Waals surface area contributed by atoms with Crippen LogP contribution in [0.3, 0.4) is 0 Å². The molecule has 0 amide bonds. The van der Waals surface area contributed by atoms with E-state index in [0.717, 1.165) is 19.4 Å². The Hall–Kier alpha value is -1.32. The van der Waals surface area contributed by atoms with Gasteiger partial charge in [0.15, 0.2) is 0 Å². The average Bonchev–Trinajstić information content (AvgIpc) is 2.38. The first-order valence-corrected chi connectivity index (χ1v) is 7.34. The van der Waals surface area contributed by atoms with Gasteiger partial charge >= 0.3 is 0 Å². The Morgan fingerprint density at radius 1 is 1.15 bits per heavy atom. The molecule has 0 bridgehead atoms. The van der Waals surface area contributed by atoms with Crippen molar-refractivity contribution >= 4 is 11.4 Å². The molecule has 1 aromatic rings. The second-order valence-corrected chi connectivity index (χ2v) is 5.64. The number of alkyl halides is 2. The average molecular weight is 284 g/mol. The van der Waals surface area contributed by atoms with Crippen molar-refractivity contribution in [1.29, 1.82) is 0 Å². The normalized spacial score (nSPS) is 11.7. The summed E-state index contributed by atoms with van der Waals surface area (Å²) in [6.07, 6.45) is -0.621. The van der Waals surface area contributed by atoms with E-state index in [2.05, 4.69) is 32.6 Å². The van der Waals surface area contributed by atoms with Gasteiger partial charge in [0.2, 0.25) is 0 Å². The molecule has 2 nitrogen and oxygen atoms in total. The molecule has 0 radical (unpaired) electrons. The second-order valence-electron chi connectivity index (χ2n) is 5.64. The highest BCUT2D eigenvalue weighted by Gasteiger charge is 2.23. The van der Waals surface area contributed by atoms with E-state index in [1.165, 1.54) is 6.07 Å². The minimum absolute atomic E-state index is 0.0394. The van der Waals surface area contributed by atoms with Crippen molar-refractivity contribution in [1.82, 2.24) is 0 Å². The van der Waals surface area contributed by atoms with Crippen LogP contribution in [-0.2, 0) is 0 Å². The zero-order valence-electron chi connectivity index (χ0n) is 12.9. The predicted octanol–water partition coefficient (Wildman–Crippen LogP) is 4.86. The van der Waals surface area contributed by atoms with Crippen LogP contribution in [0.1, 0.15) is 52.5 Å². The number of nitrogens with zero attached hydrogens (tertiary/aromatic N) is 1. The van der Waals surface area contributed by atoms with Gasteiger partial charge in [0, 0.05) is 29.5 Å². The summed E-state index contributed by atoms with van der Waals surface area (Å²) in [5.74, 6) is 0.415. The number of nitrogen functional groups attached to an aromatic ring is 1. The molecule has 114 valence electrons. The van der Waals surface area contributed by atoms with Crippen LogP contribution in [-0.4, -0.2) is 12.6 Å². The van der Waals surface area contributed by atoms with Crippen LogP contribution in [0.4, 0.5) is 20.2 Å². The fourth-order valence-corrected chi connectivity index (χ4v) is 2.58. The third kappa shape index (κ3) is 4.09. The Morgan fingerprint density at radius 2 is 1.75 bits per heavy atom. The van der Waals surface area contributed by atoms with Crippen molar-refractivity contribution in [2.75, 3.05) is 17.2 Å². The van der Waals surface area contributed by atoms with Crippen molar-refractivity contribution in [2.45, 2.75) is 53.0 Å². The van der Waals surface area contributed by atoms with Crippen LogP contribution in [0.2, 0.25) is 0 Å². The lowest BCUT2D eigenvalue weighted by Gasteiger charge is -2.35. The largest absolute Gasteiger partial charge is 0.399 e. The summed E-state index contributed by atoms with van der Waals surface area (Å²) >= 11 is 0. The molecule has 0 saturated heterocycles. The number of halogens is 2. The molecule has 0 aliphatic heterocycles. The van der Waals surface area contributed by atoms with Gasteiger partial charge in [-0.15, -0.1) is 0 Å². The SMILES string of the molecule is CCC(CC)N(CC(C)C)c1ccc(N)cc1C(F)F. The van der Waals surface area contributed by atoms with E-state index >= 15 is 0 Å². The molecule has 1 rings (SSSR count). The first-order valence-electron chi connectivity index (χ1n) is 7.34. The highest BCUT2D eigenvalue weighted by atomic mass is 19.3. The van der Waals surface area contributed by atoms with Crippen LogP contribution in [0.15, 0.2) is 18.2 Å². The van der Waals surface area contributed by atoms with E-state index < -0.39 is 6.43 Å². The highest BCUT2D eigenvalue weighted by Crippen LogP contribution is 2.34. The summed E-state index contributed by atoms with van der Waals surface area (Å²) < 4.78 is 26.6. The van der Waals surface area contributed by atoms with Crippen LogP contribution < -0.4 is 10.6 Å². The zero-order valence-corrected chi connectivity index (χ0v) is 12.9. The third-order valence-corrected chi connectivity index (χ3v) is 3.54. The van der Waals surface area contributed by atoms with Gasteiger partial charge in [0.05, 0.1) is 0 Å². The van der Waals surface area contributed by atoms with Gasteiger partial charge in [0.1, 0.15) is 0 Å². The fourth-order valence-electron chi connectivity index (χ4n) is 2.58. The summed E-state index contributed by atoms with van der Waals surface area (Å²) in [7, 11) is 0. The Labute approximate surface area is 121 Å². The topological polar surface area (TPSA) is 29.3 Å². The number of hydrogen-bond donors (Lipinski definition) is 1. The minimum Gasteiger partial charge on any atom is -0.399 e. The molecule has 0 heterocycles. The van der Waals surface area contributed by atoms with Gasteiger partial charge < -0.3 is 10.6 Å². The Kier molecular flexibility index (Phi) is 6.24. The standard InChI is InChI=1S/C16H26F2N2/c1-5-13(6-2)20(10-11(3)4)15-8-7-12(19)9-14(15)16(17)18/h7-9,11,13,16H,5-6,10,19H2,1-4H3. The molecule has 0 aromatic heterocycles. The predicted molar refractivity (Wildman–Crippen MR) is 82.4 cm³/mol. The zero-order chi connectivity index (χ0) is 15.3. The van der Waals surface area contributed by atoms with Crippen LogP contribution in [0.25, 0.3) is 0 Å². The summed E-state index contributed by atoms with van der Waals surface area (Å²) in [5, 5.41) is 0. The Bertz CT molecular complexity index is 415. The smallest absolute Gasteiger partial charge is 0.265 e. The fraction of sp³-hybridized carbons (Fsp3) is 0.625. The maximum Gasteiger partial charge on any atom is 0.265 e. The molecule has 4 heteroatoms. The van der Waals surface area contributed by atoms with Crippen molar-refractivity contribution in [2.24, 2.45) is 5.92 Å². The van der Waals surface area contributed by atoms with E-state index in [1.807, 2.05) is 0 Å². The van der Waals surface area contributed by atoms with E-state index in [9.17, 15) is 8.78 Å². The van der Waals surface area contributed by atoms with Gasteiger partial charge in [-0.1, -0.05) is 27.7 Å². The van der Waals surface area contributed by atoms with Crippen LogP contribution in [0.5, 0.6) is 0 Å². The highest BCUT2D eigenvalue weighted by molar-refractivity contribution is 5.60. The maximum absolute atomic E-state index is 13.3. The van der Waals surface area contributed by atoms with Gasteiger partial charge in [0.25, 0.3) is 6.43 Å². The summed E-state index contributed by atoms with van der Waals surface area (Å²) in [4.78, 5) is 2.12. The van der Waals surface area contributed by atoms with Crippen molar-refractivity contribution in [3.63, 3.8) is 0 Å². The number of rotatable bonds is 7. The Morgan fingerprint density at radius 3 is 2.20 bits per heavy atom. The van der Waals surface area contributed by atoms with Crippen LogP contribution >= 0.6 is 0 Å². The second kappa shape index (κ2) is 7.46. The molecule has 0 aliphatic carbocycles. The van der Waals surface area contributed by atoms with Gasteiger partial charge in [-0.2, -0.15) is 0 Å². The molecule has 0 aliphatic rings. The summed E-state index contributed by atoms with van der Waals surface area (Å²) in [6, 6.07) is 5.11. The first kappa shape index (κ1) is 16.7.